The lowest BCUT2D eigenvalue weighted by molar-refractivity contribution is 0.668. The molecule has 0 saturated heterocycles. The van der Waals surface area contributed by atoms with E-state index in [0.717, 1.165) is 50.1 Å². The summed E-state index contributed by atoms with van der Waals surface area (Å²) in [6, 6.07) is 38.8. The van der Waals surface area contributed by atoms with E-state index in [1.165, 1.54) is 5.56 Å². The van der Waals surface area contributed by atoms with Crippen LogP contribution >= 0.6 is 0 Å². The fourth-order valence-electron chi connectivity index (χ4n) is 4.75. The van der Waals surface area contributed by atoms with Crippen molar-refractivity contribution in [3.05, 3.63) is 132 Å². The molecule has 2 N–H and O–H groups in total. The Bertz CT molecular complexity index is 1820. The largest absolute Gasteiger partial charge is 0.455 e. The molecule has 0 aliphatic heterocycles. The number of fused-ring (bicyclic) bond motifs is 3. The summed E-state index contributed by atoms with van der Waals surface area (Å²) < 4.78 is 6.28. The van der Waals surface area contributed by atoms with Crippen molar-refractivity contribution < 1.29 is 4.42 Å². The summed E-state index contributed by atoms with van der Waals surface area (Å²) in [4.78, 5) is 4.59. The van der Waals surface area contributed by atoms with Crippen molar-refractivity contribution in [1.29, 1.82) is 5.41 Å². The smallest absolute Gasteiger partial charge is 0.155 e. The van der Waals surface area contributed by atoms with E-state index in [0.29, 0.717) is 11.1 Å². The van der Waals surface area contributed by atoms with Crippen molar-refractivity contribution in [3.63, 3.8) is 0 Å². The van der Waals surface area contributed by atoms with Crippen LogP contribution in [0.5, 0.6) is 0 Å². The van der Waals surface area contributed by atoms with Gasteiger partial charge in [0.05, 0.1) is 5.56 Å². The van der Waals surface area contributed by atoms with Crippen LogP contribution in [0, 0.1) is 12.3 Å². The average molecular weight is 494 g/mol. The number of para-hydroxylation sites is 2. The van der Waals surface area contributed by atoms with Crippen LogP contribution < -0.4 is 5.32 Å². The van der Waals surface area contributed by atoms with Crippen molar-refractivity contribution in [1.82, 2.24) is 0 Å². The molecule has 6 aromatic rings. The second kappa shape index (κ2) is 9.83. The molecule has 0 spiro atoms. The first kappa shape index (κ1) is 23.4. The third-order valence-corrected chi connectivity index (χ3v) is 6.85. The fourth-order valence-corrected chi connectivity index (χ4v) is 4.75. The normalized spacial score (nSPS) is 11.7. The number of benzene rings is 5. The summed E-state index contributed by atoms with van der Waals surface area (Å²) in [6.45, 7) is 4.04. The van der Waals surface area contributed by atoms with Crippen LogP contribution in [-0.2, 0) is 0 Å². The number of furan rings is 1. The third kappa shape index (κ3) is 4.48. The quantitative estimate of drug-likeness (QED) is 0.186. The molecule has 0 aliphatic rings. The Balaban J connectivity index is 1.38. The van der Waals surface area contributed by atoms with E-state index in [2.05, 4.69) is 59.7 Å². The summed E-state index contributed by atoms with van der Waals surface area (Å²) in [5.41, 5.74) is 9.50. The lowest BCUT2D eigenvalue weighted by Gasteiger charge is -2.12. The van der Waals surface area contributed by atoms with Crippen molar-refractivity contribution in [2.75, 3.05) is 5.32 Å². The fraction of sp³-hybridized carbons (Fsp3) is 0.0588. The number of hydrogen-bond acceptors (Lipinski definition) is 3. The molecule has 184 valence electrons. The summed E-state index contributed by atoms with van der Waals surface area (Å²) >= 11 is 0. The topological polar surface area (TPSA) is 61.4 Å². The van der Waals surface area contributed by atoms with Gasteiger partial charge < -0.3 is 9.73 Å². The SMILES string of the molecule is CC(=NC(=N)c1cccc2c1oc1ccc(-c3ccc(C)c(Nc4ccccc4)c3)cc12)c1ccccc1. The first-order valence-corrected chi connectivity index (χ1v) is 12.6. The van der Waals surface area contributed by atoms with Crippen LogP contribution in [0.25, 0.3) is 33.1 Å². The first-order chi connectivity index (χ1) is 18.6. The first-order valence-electron chi connectivity index (χ1n) is 12.6. The molecule has 0 atom stereocenters. The van der Waals surface area contributed by atoms with E-state index in [1.807, 2.05) is 79.7 Å². The maximum absolute atomic E-state index is 8.72. The lowest BCUT2D eigenvalue weighted by atomic mass is 10.00. The van der Waals surface area contributed by atoms with Gasteiger partial charge in [0.1, 0.15) is 11.2 Å². The van der Waals surface area contributed by atoms with E-state index in [4.69, 9.17) is 9.83 Å². The Morgan fingerprint density at radius 1 is 0.737 bits per heavy atom. The second-order valence-electron chi connectivity index (χ2n) is 9.43. The Kier molecular flexibility index (Phi) is 6.06. The molecule has 0 amide bonds. The molecule has 0 saturated carbocycles. The van der Waals surface area contributed by atoms with Gasteiger partial charge in [-0.25, -0.2) is 4.99 Å². The summed E-state index contributed by atoms with van der Waals surface area (Å²) in [5.74, 6) is 0.186. The summed E-state index contributed by atoms with van der Waals surface area (Å²) in [6.07, 6.45) is 0. The number of amidine groups is 1. The maximum atomic E-state index is 8.72. The molecular weight excluding hydrogens is 466 g/mol. The van der Waals surface area contributed by atoms with Crippen LogP contribution in [0.4, 0.5) is 11.4 Å². The highest BCUT2D eigenvalue weighted by atomic mass is 16.3. The van der Waals surface area contributed by atoms with Gasteiger partial charge in [-0.3, -0.25) is 5.41 Å². The van der Waals surface area contributed by atoms with Crippen LogP contribution in [0.1, 0.15) is 23.6 Å². The van der Waals surface area contributed by atoms with Crippen LogP contribution in [0.3, 0.4) is 0 Å². The van der Waals surface area contributed by atoms with Crippen molar-refractivity contribution in [3.8, 4) is 11.1 Å². The van der Waals surface area contributed by atoms with Crippen molar-refractivity contribution in [2.45, 2.75) is 13.8 Å². The highest BCUT2D eigenvalue weighted by Gasteiger charge is 2.15. The van der Waals surface area contributed by atoms with E-state index in [1.54, 1.807) is 0 Å². The molecule has 0 fully saturated rings. The van der Waals surface area contributed by atoms with Gasteiger partial charge in [-0.1, -0.05) is 78.9 Å². The Hall–Kier alpha value is -4.96. The molecular formula is C34H27N3O. The van der Waals surface area contributed by atoms with E-state index >= 15 is 0 Å². The van der Waals surface area contributed by atoms with Gasteiger partial charge in [0.15, 0.2) is 5.84 Å². The zero-order valence-electron chi connectivity index (χ0n) is 21.3. The predicted molar refractivity (Wildman–Crippen MR) is 159 cm³/mol. The van der Waals surface area contributed by atoms with Gasteiger partial charge in [0.25, 0.3) is 0 Å². The predicted octanol–water partition coefficient (Wildman–Crippen LogP) is 9.14. The summed E-state index contributed by atoms with van der Waals surface area (Å²) in [5, 5.41) is 14.3. The standard InChI is InChI=1S/C34H27N3O/c1-22-16-17-26(21-31(22)37-27-12-7-4-8-13-27)25-18-19-32-30(20-25)28-14-9-15-29(33(28)38-32)34(35)36-23(2)24-10-5-3-6-11-24/h3-21,35,37H,1-2H3. The number of hydrogen-bond donors (Lipinski definition) is 2. The van der Waals surface area contributed by atoms with Crippen molar-refractivity contribution in [2.24, 2.45) is 4.99 Å². The third-order valence-electron chi connectivity index (χ3n) is 6.85. The monoisotopic (exact) mass is 493 g/mol. The molecule has 0 aliphatic carbocycles. The van der Waals surface area contributed by atoms with E-state index in [-0.39, 0.29) is 5.84 Å². The summed E-state index contributed by atoms with van der Waals surface area (Å²) in [7, 11) is 0. The molecule has 0 radical (unpaired) electrons. The minimum atomic E-state index is 0.186. The van der Waals surface area contributed by atoms with Crippen LogP contribution in [0.2, 0.25) is 0 Å². The Morgan fingerprint density at radius 3 is 2.24 bits per heavy atom. The van der Waals surface area contributed by atoms with Gasteiger partial charge in [0.2, 0.25) is 0 Å². The molecule has 5 aromatic carbocycles. The molecule has 38 heavy (non-hydrogen) atoms. The molecule has 4 heteroatoms. The number of aliphatic imine (C=N–C) groups is 1. The lowest BCUT2D eigenvalue weighted by Crippen LogP contribution is -2.02. The van der Waals surface area contributed by atoms with Gasteiger partial charge in [-0.15, -0.1) is 0 Å². The highest BCUT2D eigenvalue weighted by molar-refractivity contribution is 6.18. The zero-order valence-corrected chi connectivity index (χ0v) is 21.3. The number of nitrogens with one attached hydrogen (secondary N) is 2. The van der Waals surface area contributed by atoms with Crippen LogP contribution in [0.15, 0.2) is 125 Å². The van der Waals surface area contributed by atoms with Crippen LogP contribution in [-0.4, -0.2) is 11.5 Å². The number of anilines is 2. The Labute approximate surface area is 221 Å². The molecule has 0 unspecified atom stereocenters. The van der Waals surface area contributed by atoms with Gasteiger partial charge in [-0.05, 0) is 72.5 Å². The minimum absolute atomic E-state index is 0.186. The molecule has 1 aromatic heterocycles. The molecule has 4 nitrogen and oxygen atoms in total. The maximum Gasteiger partial charge on any atom is 0.155 e. The molecule has 0 bridgehead atoms. The molecule has 6 rings (SSSR count). The zero-order chi connectivity index (χ0) is 26.1. The minimum Gasteiger partial charge on any atom is -0.455 e. The van der Waals surface area contributed by atoms with Gasteiger partial charge in [0, 0.05) is 27.9 Å². The Morgan fingerprint density at radius 2 is 1.45 bits per heavy atom. The molecule has 1 heterocycles. The second-order valence-corrected chi connectivity index (χ2v) is 9.43. The van der Waals surface area contributed by atoms with E-state index in [9.17, 15) is 0 Å². The van der Waals surface area contributed by atoms with Crippen molar-refractivity contribution >= 4 is 44.9 Å². The highest BCUT2D eigenvalue weighted by Crippen LogP contribution is 2.35. The van der Waals surface area contributed by atoms with Gasteiger partial charge >= 0.3 is 0 Å². The number of rotatable bonds is 5. The van der Waals surface area contributed by atoms with E-state index < -0.39 is 0 Å². The number of aryl methyl sites for hydroxylation is 1. The van der Waals surface area contributed by atoms with Gasteiger partial charge in [-0.2, -0.15) is 0 Å². The number of nitrogens with zero attached hydrogens (tertiary/aromatic N) is 1. The average Bonchev–Trinajstić information content (AvgIpc) is 3.33.